The Hall–Kier alpha value is -1.62. The molecule has 0 aliphatic carbocycles. The molecule has 1 aromatic heterocycles. The van der Waals surface area contributed by atoms with Gasteiger partial charge in [-0.2, -0.15) is 0 Å². The van der Waals surface area contributed by atoms with Gasteiger partial charge in [0.2, 0.25) is 11.8 Å². The third-order valence-electron chi connectivity index (χ3n) is 2.77. The molecular weight excluding hydrogens is 218 g/mol. The lowest BCUT2D eigenvalue weighted by molar-refractivity contribution is -0.119. The highest BCUT2D eigenvalue weighted by Crippen LogP contribution is 2.07. The van der Waals surface area contributed by atoms with E-state index >= 15 is 0 Å². The van der Waals surface area contributed by atoms with Gasteiger partial charge in [-0.25, -0.2) is 4.98 Å². The second kappa shape index (κ2) is 5.63. The molecule has 1 aromatic rings. The molecule has 0 spiro atoms. The molecule has 92 valence electrons. The highest BCUT2D eigenvalue weighted by molar-refractivity contribution is 5.78. The van der Waals surface area contributed by atoms with Crippen molar-refractivity contribution in [3.05, 3.63) is 23.9 Å². The molecule has 1 aliphatic heterocycles. The largest absolute Gasteiger partial charge is 0.481 e. The van der Waals surface area contributed by atoms with Crippen molar-refractivity contribution in [3.8, 4) is 5.88 Å². The molecule has 1 saturated heterocycles. The van der Waals surface area contributed by atoms with Gasteiger partial charge in [-0.15, -0.1) is 0 Å². The molecule has 1 aliphatic rings. The summed E-state index contributed by atoms with van der Waals surface area (Å²) in [5.41, 5.74) is 0.939. The molecule has 5 nitrogen and oxygen atoms in total. The second-order valence-electron chi connectivity index (χ2n) is 4.11. The first-order chi connectivity index (χ1) is 8.28. The molecule has 1 atom stereocenters. The molecule has 0 bridgehead atoms. The van der Waals surface area contributed by atoms with Crippen LogP contribution in [0.2, 0.25) is 0 Å². The predicted octanol–water partition coefficient (Wildman–Crippen LogP) is 0.458. The van der Waals surface area contributed by atoms with Gasteiger partial charge in [0.05, 0.1) is 12.8 Å². The van der Waals surface area contributed by atoms with Gasteiger partial charge in [-0.1, -0.05) is 6.07 Å². The molecular formula is C12H17N3O2. The molecule has 1 unspecified atom stereocenters. The first-order valence-corrected chi connectivity index (χ1v) is 5.78. The Morgan fingerprint density at radius 1 is 1.59 bits per heavy atom. The quantitative estimate of drug-likeness (QED) is 0.778. The van der Waals surface area contributed by atoms with Crippen molar-refractivity contribution in [2.24, 2.45) is 0 Å². The zero-order valence-electron chi connectivity index (χ0n) is 9.90. The van der Waals surface area contributed by atoms with E-state index in [1.54, 1.807) is 7.11 Å². The van der Waals surface area contributed by atoms with Crippen LogP contribution in [0, 0.1) is 0 Å². The van der Waals surface area contributed by atoms with Gasteiger partial charge in [-0.3, -0.25) is 4.79 Å². The summed E-state index contributed by atoms with van der Waals surface area (Å²) in [6.45, 7) is 1.47. The Kier molecular flexibility index (Phi) is 3.93. The molecule has 1 amide bonds. The van der Waals surface area contributed by atoms with Crippen LogP contribution in [-0.2, 0) is 11.3 Å². The van der Waals surface area contributed by atoms with Crippen LogP contribution < -0.4 is 15.4 Å². The van der Waals surface area contributed by atoms with E-state index in [4.69, 9.17) is 4.74 Å². The highest BCUT2D eigenvalue weighted by Gasteiger charge is 2.19. The maximum Gasteiger partial charge on any atom is 0.220 e. The van der Waals surface area contributed by atoms with E-state index < -0.39 is 0 Å². The Balaban J connectivity index is 1.75. The van der Waals surface area contributed by atoms with Crippen LogP contribution in [0.5, 0.6) is 5.88 Å². The Morgan fingerprint density at radius 2 is 2.47 bits per heavy atom. The summed E-state index contributed by atoms with van der Waals surface area (Å²) in [5, 5.41) is 6.20. The van der Waals surface area contributed by atoms with Crippen LogP contribution in [0.3, 0.4) is 0 Å². The SMILES string of the molecule is COc1cccc(CNCC2CCC(=O)N2)n1. The second-order valence-corrected chi connectivity index (χ2v) is 4.11. The molecule has 1 fully saturated rings. The van der Waals surface area contributed by atoms with E-state index in [-0.39, 0.29) is 11.9 Å². The summed E-state index contributed by atoms with van der Waals surface area (Å²) in [5.74, 6) is 0.773. The number of pyridine rings is 1. The van der Waals surface area contributed by atoms with Crippen LogP contribution in [0.15, 0.2) is 18.2 Å². The van der Waals surface area contributed by atoms with E-state index in [2.05, 4.69) is 15.6 Å². The zero-order valence-corrected chi connectivity index (χ0v) is 9.90. The third-order valence-corrected chi connectivity index (χ3v) is 2.77. The van der Waals surface area contributed by atoms with Gasteiger partial charge in [0.1, 0.15) is 0 Å². The Bertz CT molecular complexity index is 395. The van der Waals surface area contributed by atoms with Crippen LogP contribution >= 0.6 is 0 Å². The molecule has 2 heterocycles. The average Bonchev–Trinajstić information content (AvgIpc) is 2.75. The fourth-order valence-electron chi connectivity index (χ4n) is 1.87. The number of methoxy groups -OCH3 is 1. The smallest absolute Gasteiger partial charge is 0.220 e. The third kappa shape index (κ3) is 3.42. The topological polar surface area (TPSA) is 63.2 Å². The Labute approximate surface area is 101 Å². The number of aromatic nitrogens is 1. The minimum absolute atomic E-state index is 0.149. The molecule has 2 rings (SSSR count). The predicted molar refractivity (Wildman–Crippen MR) is 63.7 cm³/mol. The molecule has 0 radical (unpaired) electrons. The van der Waals surface area contributed by atoms with E-state index in [1.165, 1.54) is 0 Å². The number of ether oxygens (including phenoxy) is 1. The number of nitrogens with one attached hydrogen (secondary N) is 2. The summed E-state index contributed by atoms with van der Waals surface area (Å²) in [6, 6.07) is 5.94. The maximum absolute atomic E-state index is 11.0. The van der Waals surface area contributed by atoms with Crippen LogP contribution in [-0.4, -0.2) is 30.6 Å². The fraction of sp³-hybridized carbons (Fsp3) is 0.500. The van der Waals surface area contributed by atoms with Crippen LogP contribution in [0.4, 0.5) is 0 Å². The molecule has 5 heteroatoms. The van der Waals surface area contributed by atoms with Gasteiger partial charge in [0, 0.05) is 31.6 Å². The van der Waals surface area contributed by atoms with E-state index in [0.29, 0.717) is 18.8 Å². The lowest BCUT2D eigenvalue weighted by Crippen LogP contribution is -2.35. The summed E-state index contributed by atoms with van der Waals surface area (Å²) < 4.78 is 5.05. The number of rotatable bonds is 5. The lowest BCUT2D eigenvalue weighted by Gasteiger charge is -2.11. The molecule has 0 aromatic carbocycles. The number of carbonyl (C=O) groups is 1. The highest BCUT2D eigenvalue weighted by atomic mass is 16.5. The maximum atomic E-state index is 11.0. The van der Waals surface area contributed by atoms with Crippen LogP contribution in [0.25, 0.3) is 0 Å². The van der Waals surface area contributed by atoms with Crippen molar-refractivity contribution in [1.82, 2.24) is 15.6 Å². The molecule has 2 N–H and O–H groups in total. The first-order valence-electron chi connectivity index (χ1n) is 5.78. The summed E-state index contributed by atoms with van der Waals surface area (Å²) in [7, 11) is 1.60. The van der Waals surface area contributed by atoms with Crippen molar-refractivity contribution in [3.63, 3.8) is 0 Å². The number of hydrogen-bond acceptors (Lipinski definition) is 4. The number of amides is 1. The van der Waals surface area contributed by atoms with Gasteiger partial charge < -0.3 is 15.4 Å². The zero-order chi connectivity index (χ0) is 12.1. The van der Waals surface area contributed by atoms with Gasteiger partial charge in [0.15, 0.2) is 0 Å². The summed E-state index contributed by atoms with van der Waals surface area (Å²) in [4.78, 5) is 15.3. The molecule has 0 saturated carbocycles. The monoisotopic (exact) mass is 235 g/mol. The summed E-state index contributed by atoms with van der Waals surface area (Å²) in [6.07, 6.45) is 1.56. The first kappa shape index (κ1) is 11.9. The van der Waals surface area contributed by atoms with Gasteiger partial charge in [0.25, 0.3) is 0 Å². The lowest BCUT2D eigenvalue weighted by atomic mass is 10.2. The summed E-state index contributed by atoms with van der Waals surface area (Å²) >= 11 is 0. The van der Waals surface area contributed by atoms with Crippen molar-refractivity contribution in [2.75, 3.05) is 13.7 Å². The minimum Gasteiger partial charge on any atom is -0.481 e. The van der Waals surface area contributed by atoms with Crippen LogP contribution in [0.1, 0.15) is 18.5 Å². The van der Waals surface area contributed by atoms with Crippen molar-refractivity contribution < 1.29 is 9.53 Å². The van der Waals surface area contributed by atoms with Crippen molar-refractivity contribution >= 4 is 5.91 Å². The fourth-order valence-corrected chi connectivity index (χ4v) is 1.87. The average molecular weight is 235 g/mol. The standard InChI is InChI=1S/C12H17N3O2/c1-17-12-4-2-3-9(15-12)7-13-8-10-5-6-11(16)14-10/h2-4,10,13H,5-8H2,1H3,(H,14,16). The van der Waals surface area contributed by atoms with Gasteiger partial charge >= 0.3 is 0 Å². The van der Waals surface area contributed by atoms with Crippen molar-refractivity contribution in [2.45, 2.75) is 25.4 Å². The normalized spacial score (nSPS) is 19.1. The van der Waals surface area contributed by atoms with E-state index in [1.807, 2.05) is 18.2 Å². The van der Waals surface area contributed by atoms with Crippen molar-refractivity contribution in [1.29, 1.82) is 0 Å². The number of hydrogen-bond donors (Lipinski definition) is 2. The molecule has 17 heavy (non-hydrogen) atoms. The van der Waals surface area contributed by atoms with E-state index in [9.17, 15) is 4.79 Å². The number of nitrogens with zero attached hydrogens (tertiary/aromatic N) is 1. The van der Waals surface area contributed by atoms with E-state index in [0.717, 1.165) is 18.7 Å². The Morgan fingerprint density at radius 3 is 3.18 bits per heavy atom. The minimum atomic E-state index is 0.149. The van der Waals surface area contributed by atoms with Gasteiger partial charge in [-0.05, 0) is 12.5 Å². The number of carbonyl (C=O) groups excluding carboxylic acids is 1.